The Morgan fingerprint density at radius 3 is 2.59 bits per heavy atom. The van der Waals surface area contributed by atoms with Gasteiger partial charge in [0.25, 0.3) is 0 Å². The van der Waals surface area contributed by atoms with Gasteiger partial charge in [0.05, 0.1) is 6.26 Å². The van der Waals surface area contributed by atoms with Gasteiger partial charge in [0.1, 0.15) is 5.82 Å². The highest BCUT2D eigenvalue weighted by Gasteiger charge is 2.25. The third kappa shape index (κ3) is 4.73. The van der Waals surface area contributed by atoms with Crippen molar-refractivity contribution in [3.05, 3.63) is 65.5 Å². The van der Waals surface area contributed by atoms with Crippen LogP contribution in [-0.2, 0) is 27.8 Å². The lowest BCUT2D eigenvalue weighted by molar-refractivity contribution is -0.118. The number of anilines is 1. The number of hydrogen-bond donors (Lipinski definition) is 0. The van der Waals surface area contributed by atoms with Gasteiger partial charge in [0.2, 0.25) is 15.9 Å². The van der Waals surface area contributed by atoms with Gasteiger partial charge in [-0.2, -0.15) is 4.31 Å². The molecule has 1 aliphatic heterocycles. The van der Waals surface area contributed by atoms with Gasteiger partial charge in [0, 0.05) is 37.3 Å². The van der Waals surface area contributed by atoms with Crippen molar-refractivity contribution in [2.24, 2.45) is 0 Å². The van der Waals surface area contributed by atoms with Gasteiger partial charge in [-0.1, -0.05) is 36.4 Å². The Bertz CT molecular complexity index is 930. The molecule has 0 radical (unpaired) electrons. The molecule has 144 valence electrons. The number of hydrogen-bond acceptors (Lipinski definition) is 3. The number of carbonyl (C=O) groups excluding carboxylic acids is 1. The largest absolute Gasteiger partial charge is 0.312 e. The molecule has 3 rings (SSSR count). The highest BCUT2D eigenvalue weighted by molar-refractivity contribution is 7.88. The van der Waals surface area contributed by atoms with Crippen molar-refractivity contribution in [1.29, 1.82) is 0 Å². The molecule has 0 saturated carbocycles. The minimum atomic E-state index is -3.57. The molecule has 0 atom stereocenters. The number of halogens is 1. The molecule has 0 N–H and O–H groups in total. The van der Waals surface area contributed by atoms with Crippen LogP contribution in [0.15, 0.2) is 48.5 Å². The van der Waals surface area contributed by atoms with E-state index in [9.17, 15) is 17.6 Å². The minimum Gasteiger partial charge on any atom is -0.312 e. The van der Waals surface area contributed by atoms with Crippen molar-refractivity contribution in [3.63, 3.8) is 0 Å². The van der Waals surface area contributed by atoms with Crippen LogP contribution in [0.5, 0.6) is 0 Å². The van der Waals surface area contributed by atoms with Crippen LogP contribution < -0.4 is 4.90 Å². The van der Waals surface area contributed by atoms with E-state index in [1.807, 2.05) is 24.3 Å². The first kappa shape index (κ1) is 19.5. The second-order valence-corrected chi connectivity index (χ2v) is 8.70. The Morgan fingerprint density at radius 1 is 1.15 bits per heavy atom. The maximum absolute atomic E-state index is 13.9. The standard InChI is InChI=1S/C20H23FN2O3S/c1-27(25,26)22(15-17-8-2-4-10-18(17)21)14-12-20(24)23-13-6-9-16-7-3-5-11-19(16)23/h2-5,7-8,10-11H,6,9,12-15H2,1H3. The van der Waals surface area contributed by atoms with Crippen LogP contribution in [0, 0.1) is 5.82 Å². The third-order valence-electron chi connectivity index (χ3n) is 4.76. The number of aryl methyl sites for hydroxylation is 1. The zero-order chi connectivity index (χ0) is 19.4. The Balaban J connectivity index is 1.71. The summed E-state index contributed by atoms with van der Waals surface area (Å²) < 4.78 is 39.3. The predicted octanol–water partition coefficient (Wildman–Crippen LogP) is 2.96. The number of para-hydroxylation sites is 1. The summed E-state index contributed by atoms with van der Waals surface area (Å²) in [7, 11) is -3.57. The number of carbonyl (C=O) groups is 1. The van der Waals surface area contributed by atoms with E-state index in [2.05, 4.69) is 0 Å². The Hall–Kier alpha value is -2.25. The molecule has 5 nitrogen and oxygen atoms in total. The molecule has 27 heavy (non-hydrogen) atoms. The number of nitrogens with zero attached hydrogens (tertiary/aromatic N) is 2. The second-order valence-electron chi connectivity index (χ2n) is 6.72. The maximum atomic E-state index is 13.9. The van der Waals surface area contributed by atoms with Gasteiger partial charge in [-0.3, -0.25) is 4.79 Å². The van der Waals surface area contributed by atoms with E-state index in [-0.39, 0.29) is 25.4 Å². The molecule has 0 bridgehead atoms. The van der Waals surface area contributed by atoms with E-state index < -0.39 is 15.8 Å². The summed E-state index contributed by atoms with van der Waals surface area (Å²) in [5, 5.41) is 0. The molecule has 0 fully saturated rings. The van der Waals surface area contributed by atoms with Gasteiger partial charge in [-0.25, -0.2) is 12.8 Å². The first-order chi connectivity index (χ1) is 12.9. The monoisotopic (exact) mass is 390 g/mol. The predicted molar refractivity (Wildman–Crippen MR) is 103 cm³/mol. The molecular formula is C20H23FN2O3S. The lowest BCUT2D eigenvalue weighted by Crippen LogP contribution is -2.39. The van der Waals surface area contributed by atoms with Crippen LogP contribution in [0.1, 0.15) is 24.0 Å². The van der Waals surface area contributed by atoms with Crippen LogP contribution in [0.4, 0.5) is 10.1 Å². The van der Waals surface area contributed by atoms with Gasteiger partial charge >= 0.3 is 0 Å². The first-order valence-electron chi connectivity index (χ1n) is 8.93. The normalized spacial score (nSPS) is 14.3. The fraction of sp³-hybridized carbons (Fsp3) is 0.350. The average Bonchev–Trinajstić information content (AvgIpc) is 2.65. The molecule has 1 heterocycles. The highest BCUT2D eigenvalue weighted by Crippen LogP contribution is 2.27. The number of rotatable bonds is 6. The van der Waals surface area contributed by atoms with E-state index in [0.29, 0.717) is 12.1 Å². The molecule has 0 aliphatic carbocycles. The van der Waals surface area contributed by atoms with E-state index in [1.165, 1.54) is 6.07 Å². The summed E-state index contributed by atoms with van der Waals surface area (Å²) in [5.74, 6) is -0.577. The quantitative estimate of drug-likeness (QED) is 0.762. The Morgan fingerprint density at radius 2 is 1.85 bits per heavy atom. The number of sulfonamides is 1. The summed E-state index contributed by atoms with van der Waals surface area (Å²) in [5.41, 5.74) is 2.32. The molecule has 1 amide bonds. The van der Waals surface area contributed by atoms with E-state index >= 15 is 0 Å². The van der Waals surface area contributed by atoms with E-state index in [0.717, 1.165) is 34.7 Å². The maximum Gasteiger partial charge on any atom is 0.228 e. The fourth-order valence-electron chi connectivity index (χ4n) is 3.33. The lowest BCUT2D eigenvalue weighted by Gasteiger charge is -2.30. The van der Waals surface area contributed by atoms with E-state index in [1.54, 1.807) is 23.1 Å². The first-order valence-corrected chi connectivity index (χ1v) is 10.8. The van der Waals surface area contributed by atoms with Crippen LogP contribution in [0.25, 0.3) is 0 Å². The second kappa shape index (κ2) is 8.19. The zero-order valence-corrected chi connectivity index (χ0v) is 16.1. The van der Waals surface area contributed by atoms with Crippen molar-refractivity contribution < 1.29 is 17.6 Å². The summed E-state index contributed by atoms with van der Waals surface area (Å²) >= 11 is 0. The molecule has 2 aromatic carbocycles. The number of amides is 1. The zero-order valence-electron chi connectivity index (χ0n) is 15.3. The van der Waals surface area contributed by atoms with Gasteiger partial charge < -0.3 is 4.90 Å². The molecule has 0 aromatic heterocycles. The molecule has 0 unspecified atom stereocenters. The summed E-state index contributed by atoms with van der Waals surface area (Å²) in [6, 6.07) is 13.8. The van der Waals surface area contributed by atoms with Crippen LogP contribution in [0.3, 0.4) is 0 Å². The molecule has 0 saturated heterocycles. The topological polar surface area (TPSA) is 57.7 Å². The van der Waals surface area contributed by atoms with Crippen molar-refractivity contribution >= 4 is 21.6 Å². The van der Waals surface area contributed by atoms with Crippen molar-refractivity contribution in [2.45, 2.75) is 25.8 Å². The number of fused-ring (bicyclic) bond motifs is 1. The van der Waals surface area contributed by atoms with Crippen molar-refractivity contribution in [3.8, 4) is 0 Å². The van der Waals surface area contributed by atoms with Crippen molar-refractivity contribution in [1.82, 2.24) is 4.31 Å². The fourth-order valence-corrected chi connectivity index (χ4v) is 4.12. The van der Waals surface area contributed by atoms with Crippen LogP contribution in [-0.4, -0.2) is 38.0 Å². The minimum absolute atomic E-state index is 0.0185. The molecular weight excluding hydrogens is 367 g/mol. The third-order valence-corrected chi connectivity index (χ3v) is 6.01. The summed E-state index contributed by atoms with van der Waals surface area (Å²) in [6.07, 6.45) is 2.95. The van der Waals surface area contributed by atoms with Gasteiger partial charge in [-0.05, 0) is 30.5 Å². The summed E-state index contributed by atoms with van der Waals surface area (Å²) in [6.45, 7) is 0.558. The van der Waals surface area contributed by atoms with Gasteiger partial charge in [-0.15, -0.1) is 0 Å². The molecule has 2 aromatic rings. The average molecular weight is 390 g/mol. The van der Waals surface area contributed by atoms with Crippen LogP contribution >= 0.6 is 0 Å². The summed E-state index contributed by atoms with van der Waals surface area (Å²) in [4.78, 5) is 14.5. The molecule has 7 heteroatoms. The smallest absolute Gasteiger partial charge is 0.228 e. The number of benzene rings is 2. The molecule has 0 spiro atoms. The SMILES string of the molecule is CS(=O)(=O)N(CCC(=O)N1CCCc2ccccc21)Cc1ccccc1F. The Kier molecular flexibility index (Phi) is 5.92. The van der Waals surface area contributed by atoms with E-state index in [4.69, 9.17) is 0 Å². The molecule has 1 aliphatic rings. The van der Waals surface area contributed by atoms with Crippen molar-refractivity contribution in [2.75, 3.05) is 24.2 Å². The van der Waals surface area contributed by atoms with Gasteiger partial charge in [0.15, 0.2) is 0 Å². The lowest BCUT2D eigenvalue weighted by atomic mass is 10.0. The highest BCUT2D eigenvalue weighted by atomic mass is 32.2. The Labute approximate surface area is 159 Å². The van der Waals surface area contributed by atoms with Crippen LogP contribution in [0.2, 0.25) is 0 Å².